The molecule has 4 aliphatic rings. The fraction of sp³-hybridized carbons (Fsp3) is 0.773. The van der Waals surface area contributed by atoms with Crippen LogP contribution >= 0.6 is 0 Å². The van der Waals surface area contributed by atoms with Crippen LogP contribution in [0.4, 0.5) is 0 Å². The van der Waals surface area contributed by atoms with Crippen molar-refractivity contribution in [3.63, 3.8) is 0 Å². The number of hydrogen-bond acceptors (Lipinski definition) is 2. The van der Waals surface area contributed by atoms with Crippen molar-refractivity contribution in [2.24, 2.45) is 28.6 Å². The Balaban J connectivity index is 1.60. The SMILES string of the molecule is C=C1CC[C@@H]2[C@H]3CC=C4C[C@@H](OC(C)=O)CC[C@]4(C)[C@@H]3CC[C@@]12C. The van der Waals surface area contributed by atoms with E-state index in [4.69, 9.17) is 4.74 Å². The highest BCUT2D eigenvalue weighted by Crippen LogP contribution is 2.65. The topological polar surface area (TPSA) is 26.3 Å². The van der Waals surface area contributed by atoms with E-state index in [0.29, 0.717) is 10.8 Å². The van der Waals surface area contributed by atoms with Crippen LogP contribution in [0.5, 0.6) is 0 Å². The van der Waals surface area contributed by atoms with Crippen LogP contribution in [0.2, 0.25) is 0 Å². The lowest BCUT2D eigenvalue weighted by Gasteiger charge is -2.57. The summed E-state index contributed by atoms with van der Waals surface area (Å²) in [6, 6.07) is 0. The van der Waals surface area contributed by atoms with Gasteiger partial charge in [-0.2, -0.15) is 0 Å². The van der Waals surface area contributed by atoms with E-state index in [-0.39, 0.29) is 12.1 Å². The molecule has 3 fully saturated rings. The van der Waals surface area contributed by atoms with Crippen LogP contribution < -0.4 is 0 Å². The number of ether oxygens (including phenoxy) is 1. The van der Waals surface area contributed by atoms with Gasteiger partial charge in [-0.05, 0) is 73.5 Å². The van der Waals surface area contributed by atoms with Crippen molar-refractivity contribution in [2.75, 3.05) is 0 Å². The first-order valence-electron chi connectivity index (χ1n) is 9.89. The van der Waals surface area contributed by atoms with E-state index in [0.717, 1.165) is 30.6 Å². The molecule has 0 aromatic carbocycles. The Bertz CT molecular complexity index is 603. The minimum Gasteiger partial charge on any atom is -0.462 e. The van der Waals surface area contributed by atoms with Gasteiger partial charge in [0, 0.05) is 13.3 Å². The van der Waals surface area contributed by atoms with Crippen molar-refractivity contribution in [2.45, 2.75) is 78.2 Å². The Morgan fingerprint density at radius 2 is 1.88 bits per heavy atom. The van der Waals surface area contributed by atoms with Crippen LogP contribution in [0.1, 0.15) is 72.1 Å². The van der Waals surface area contributed by atoms with Crippen molar-refractivity contribution in [1.82, 2.24) is 0 Å². The zero-order valence-electron chi connectivity index (χ0n) is 15.6. The quantitative estimate of drug-likeness (QED) is 0.473. The largest absolute Gasteiger partial charge is 0.462 e. The maximum atomic E-state index is 11.3. The zero-order valence-corrected chi connectivity index (χ0v) is 15.6. The van der Waals surface area contributed by atoms with Gasteiger partial charge < -0.3 is 4.74 Å². The summed E-state index contributed by atoms with van der Waals surface area (Å²) < 4.78 is 5.53. The van der Waals surface area contributed by atoms with Crippen LogP contribution in [-0.4, -0.2) is 12.1 Å². The lowest BCUT2D eigenvalue weighted by Crippen LogP contribution is -2.49. The van der Waals surface area contributed by atoms with Gasteiger partial charge in [-0.3, -0.25) is 4.79 Å². The molecule has 0 aliphatic heterocycles. The number of fused-ring (bicyclic) bond motifs is 5. The van der Waals surface area contributed by atoms with Crippen LogP contribution in [0.25, 0.3) is 0 Å². The maximum absolute atomic E-state index is 11.3. The molecular weight excluding hydrogens is 296 g/mol. The minimum atomic E-state index is -0.129. The third kappa shape index (κ3) is 2.24. The summed E-state index contributed by atoms with van der Waals surface area (Å²) in [5.41, 5.74) is 3.84. The molecule has 0 aromatic rings. The van der Waals surface area contributed by atoms with E-state index >= 15 is 0 Å². The Labute approximate surface area is 146 Å². The predicted octanol–water partition coefficient (Wildman–Crippen LogP) is 5.44. The van der Waals surface area contributed by atoms with Gasteiger partial charge in [0.15, 0.2) is 0 Å². The molecule has 0 spiro atoms. The molecular formula is C22H32O2. The van der Waals surface area contributed by atoms with Gasteiger partial charge in [0.25, 0.3) is 0 Å². The third-order valence-corrected chi connectivity index (χ3v) is 8.35. The summed E-state index contributed by atoms with van der Waals surface area (Å²) in [6.45, 7) is 11.0. The van der Waals surface area contributed by atoms with Gasteiger partial charge in [0.05, 0.1) is 0 Å². The van der Waals surface area contributed by atoms with E-state index in [1.54, 1.807) is 5.57 Å². The number of carbonyl (C=O) groups is 1. The van der Waals surface area contributed by atoms with Crippen molar-refractivity contribution >= 4 is 5.97 Å². The second-order valence-corrected chi connectivity index (χ2v) is 9.33. The Morgan fingerprint density at radius 1 is 1.17 bits per heavy atom. The average Bonchev–Trinajstić information content (AvgIpc) is 2.83. The first-order chi connectivity index (χ1) is 11.3. The summed E-state index contributed by atoms with van der Waals surface area (Å²) in [6.07, 6.45) is 12.3. The van der Waals surface area contributed by atoms with E-state index in [2.05, 4.69) is 26.5 Å². The molecule has 0 aromatic heterocycles. The van der Waals surface area contributed by atoms with E-state index < -0.39 is 0 Å². The highest BCUT2D eigenvalue weighted by Gasteiger charge is 2.56. The van der Waals surface area contributed by atoms with Crippen molar-refractivity contribution in [3.05, 3.63) is 23.8 Å². The molecule has 0 unspecified atom stereocenters. The van der Waals surface area contributed by atoms with Crippen molar-refractivity contribution in [1.29, 1.82) is 0 Å². The average molecular weight is 328 g/mol. The summed E-state index contributed by atoms with van der Waals surface area (Å²) in [5, 5.41) is 0. The van der Waals surface area contributed by atoms with Gasteiger partial charge in [-0.15, -0.1) is 0 Å². The van der Waals surface area contributed by atoms with Gasteiger partial charge in [-0.1, -0.05) is 37.6 Å². The first kappa shape index (κ1) is 16.4. The molecule has 132 valence electrons. The Hall–Kier alpha value is -1.05. The Kier molecular flexibility index (Phi) is 3.75. The Morgan fingerprint density at radius 3 is 2.62 bits per heavy atom. The molecule has 2 heteroatoms. The van der Waals surface area contributed by atoms with Gasteiger partial charge >= 0.3 is 5.97 Å². The summed E-state index contributed by atoms with van der Waals surface area (Å²) in [4.78, 5) is 11.3. The zero-order chi connectivity index (χ0) is 17.1. The lowest BCUT2D eigenvalue weighted by atomic mass is 9.48. The standard InChI is InChI=1S/C22H32O2/c1-14-5-8-19-18-7-6-16-13-17(24-15(2)23)9-11-22(16,4)20(18)10-12-21(14,19)3/h6,17-20H,1,5,7-13H2,2-4H3/t17-,18+,19+,20+,21-,22-/m0/s1. The minimum absolute atomic E-state index is 0.110. The monoisotopic (exact) mass is 328 g/mol. The molecule has 0 amide bonds. The predicted molar refractivity (Wildman–Crippen MR) is 96.4 cm³/mol. The number of esters is 1. The molecule has 2 nitrogen and oxygen atoms in total. The summed E-state index contributed by atoms with van der Waals surface area (Å²) in [7, 11) is 0. The number of carbonyl (C=O) groups excluding carboxylic acids is 1. The summed E-state index contributed by atoms with van der Waals surface area (Å²) >= 11 is 0. The summed E-state index contributed by atoms with van der Waals surface area (Å²) in [5.74, 6) is 2.36. The van der Waals surface area contributed by atoms with Crippen molar-refractivity contribution < 1.29 is 9.53 Å². The lowest BCUT2D eigenvalue weighted by molar-refractivity contribution is -0.148. The molecule has 4 aliphatic carbocycles. The number of allylic oxidation sites excluding steroid dienone is 2. The molecule has 0 radical (unpaired) electrons. The molecule has 24 heavy (non-hydrogen) atoms. The molecule has 6 atom stereocenters. The smallest absolute Gasteiger partial charge is 0.302 e. The van der Waals surface area contributed by atoms with Crippen LogP contribution in [0.15, 0.2) is 23.8 Å². The van der Waals surface area contributed by atoms with E-state index in [9.17, 15) is 4.79 Å². The first-order valence-corrected chi connectivity index (χ1v) is 9.89. The highest BCUT2D eigenvalue weighted by atomic mass is 16.5. The number of hydrogen-bond donors (Lipinski definition) is 0. The third-order valence-electron chi connectivity index (χ3n) is 8.35. The van der Waals surface area contributed by atoms with Gasteiger partial charge in [-0.25, -0.2) is 0 Å². The molecule has 0 N–H and O–H groups in total. The second kappa shape index (κ2) is 5.47. The van der Waals surface area contributed by atoms with Crippen LogP contribution in [-0.2, 0) is 9.53 Å². The normalized spacial score (nSPS) is 47.3. The fourth-order valence-corrected chi connectivity index (χ4v) is 6.87. The molecule has 3 saturated carbocycles. The molecule has 4 rings (SSSR count). The van der Waals surface area contributed by atoms with E-state index in [1.807, 2.05) is 0 Å². The highest BCUT2D eigenvalue weighted by molar-refractivity contribution is 5.66. The van der Waals surface area contributed by atoms with E-state index in [1.165, 1.54) is 51.0 Å². The number of rotatable bonds is 1. The fourth-order valence-electron chi connectivity index (χ4n) is 6.87. The molecule has 0 saturated heterocycles. The van der Waals surface area contributed by atoms with Crippen LogP contribution in [0.3, 0.4) is 0 Å². The molecule has 0 heterocycles. The van der Waals surface area contributed by atoms with Gasteiger partial charge in [0.1, 0.15) is 6.10 Å². The maximum Gasteiger partial charge on any atom is 0.302 e. The van der Waals surface area contributed by atoms with Crippen LogP contribution in [0, 0.1) is 28.6 Å². The van der Waals surface area contributed by atoms with Gasteiger partial charge in [0.2, 0.25) is 0 Å². The second-order valence-electron chi connectivity index (χ2n) is 9.33. The van der Waals surface area contributed by atoms with Crippen molar-refractivity contribution in [3.8, 4) is 0 Å². The molecule has 0 bridgehead atoms.